The Kier molecular flexibility index (Phi) is 4.75. The van der Waals surface area contributed by atoms with Gasteiger partial charge in [-0.25, -0.2) is 0 Å². The van der Waals surface area contributed by atoms with Crippen LogP contribution in [0.15, 0.2) is 158 Å². The molecule has 0 radical (unpaired) electrons. The van der Waals surface area contributed by atoms with Gasteiger partial charge in [0.15, 0.2) is 0 Å². The molecule has 0 bridgehead atoms. The SMILES string of the molecule is c1ccc2cc(-n3c4ccccc4c4c5c6ccccc6n(-c6cc7ccccc7c7ccccc67)c5ccc43)ccc2c1. The Balaban J connectivity index is 1.38. The summed E-state index contributed by atoms with van der Waals surface area (Å²) in [5, 5.41) is 12.7. The summed E-state index contributed by atoms with van der Waals surface area (Å²) in [6, 6.07) is 57.8. The van der Waals surface area contributed by atoms with Gasteiger partial charge in [-0.3, -0.25) is 0 Å². The second-order valence-corrected chi connectivity index (χ2v) is 11.8. The van der Waals surface area contributed by atoms with Crippen molar-refractivity contribution in [1.29, 1.82) is 0 Å². The van der Waals surface area contributed by atoms with Crippen LogP contribution in [0.25, 0.3) is 87.3 Å². The summed E-state index contributed by atoms with van der Waals surface area (Å²) >= 11 is 0. The van der Waals surface area contributed by atoms with E-state index in [0.29, 0.717) is 0 Å². The number of nitrogens with zero attached hydrogens (tertiary/aromatic N) is 2. The molecule has 2 heterocycles. The molecule has 0 fully saturated rings. The third kappa shape index (κ3) is 3.14. The van der Waals surface area contributed by atoms with Crippen LogP contribution in [-0.4, -0.2) is 9.13 Å². The molecule has 0 aliphatic rings. The Labute approximate surface area is 253 Å². The van der Waals surface area contributed by atoms with E-state index in [4.69, 9.17) is 0 Å². The van der Waals surface area contributed by atoms with Crippen molar-refractivity contribution in [2.45, 2.75) is 0 Å². The van der Waals surface area contributed by atoms with Crippen molar-refractivity contribution in [3.05, 3.63) is 158 Å². The molecule has 8 aromatic carbocycles. The van der Waals surface area contributed by atoms with Crippen LogP contribution in [0, 0.1) is 0 Å². The van der Waals surface area contributed by atoms with E-state index in [9.17, 15) is 0 Å². The van der Waals surface area contributed by atoms with Crippen LogP contribution in [0.1, 0.15) is 0 Å². The molecule has 0 atom stereocenters. The lowest BCUT2D eigenvalue weighted by Crippen LogP contribution is -1.96. The molecule has 0 aliphatic heterocycles. The molecule has 0 amide bonds. The smallest absolute Gasteiger partial charge is 0.0549 e. The van der Waals surface area contributed by atoms with Gasteiger partial charge in [0, 0.05) is 32.6 Å². The largest absolute Gasteiger partial charge is 0.309 e. The molecular weight excluding hydrogens is 532 g/mol. The zero-order valence-corrected chi connectivity index (χ0v) is 23.9. The second-order valence-electron chi connectivity index (χ2n) is 11.8. The molecule has 0 saturated heterocycles. The standard InChI is InChI=1S/C42H26N2/c1-2-12-28-25-30(22-21-27(28)11-1)43-36-19-9-7-17-34(36)41-38(43)23-24-39-42(41)35-18-8-10-20-37(35)44(39)40-26-29-13-3-4-14-31(29)32-15-5-6-16-33(32)40/h1-26H. The second kappa shape index (κ2) is 8.82. The van der Waals surface area contributed by atoms with Gasteiger partial charge in [0.1, 0.15) is 0 Å². The third-order valence-electron chi connectivity index (χ3n) is 9.45. The number of hydrogen-bond acceptors (Lipinski definition) is 0. The van der Waals surface area contributed by atoms with Crippen molar-refractivity contribution in [3.63, 3.8) is 0 Å². The van der Waals surface area contributed by atoms with E-state index in [1.165, 1.54) is 87.3 Å². The molecule has 2 heteroatoms. The lowest BCUT2D eigenvalue weighted by molar-refractivity contribution is 1.18. The van der Waals surface area contributed by atoms with Gasteiger partial charge in [-0.15, -0.1) is 0 Å². The average molecular weight is 559 g/mol. The highest BCUT2D eigenvalue weighted by molar-refractivity contribution is 6.29. The minimum absolute atomic E-state index is 1.18. The van der Waals surface area contributed by atoms with E-state index < -0.39 is 0 Å². The summed E-state index contributed by atoms with van der Waals surface area (Å²) in [6.07, 6.45) is 0. The van der Waals surface area contributed by atoms with Crippen molar-refractivity contribution >= 4 is 75.9 Å². The topological polar surface area (TPSA) is 9.86 Å². The van der Waals surface area contributed by atoms with Crippen LogP contribution < -0.4 is 0 Å². The molecular formula is C42H26N2. The van der Waals surface area contributed by atoms with E-state index in [-0.39, 0.29) is 0 Å². The zero-order valence-electron chi connectivity index (χ0n) is 23.9. The lowest BCUT2D eigenvalue weighted by Gasteiger charge is -2.14. The Bertz CT molecular complexity index is 2780. The van der Waals surface area contributed by atoms with E-state index in [1.807, 2.05) is 0 Å². The van der Waals surface area contributed by atoms with Gasteiger partial charge in [-0.05, 0) is 69.4 Å². The molecule has 2 nitrogen and oxygen atoms in total. The van der Waals surface area contributed by atoms with Gasteiger partial charge in [-0.1, -0.05) is 115 Å². The predicted octanol–water partition coefficient (Wildman–Crippen LogP) is 11.3. The molecule has 0 N–H and O–H groups in total. The first-order chi connectivity index (χ1) is 21.8. The first kappa shape index (κ1) is 23.7. The molecule has 10 rings (SSSR count). The highest BCUT2D eigenvalue weighted by Gasteiger charge is 2.21. The van der Waals surface area contributed by atoms with Crippen molar-refractivity contribution in [2.24, 2.45) is 0 Å². The fourth-order valence-corrected chi connectivity index (χ4v) is 7.59. The van der Waals surface area contributed by atoms with Crippen LogP contribution >= 0.6 is 0 Å². The van der Waals surface area contributed by atoms with Crippen molar-refractivity contribution in [1.82, 2.24) is 9.13 Å². The maximum atomic E-state index is 2.49. The van der Waals surface area contributed by atoms with Crippen LogP contribution in [0.3, 0.4) is 0 Å². The van der Waals surface area contributed by atoms with Crippen LogP contribution in [0.2, 0.25) is 0 Å². The zero-order chi connectivity index (χ0) is 28.8. The summed E-state index contributed by atoms with van der Waals surface area (Å²) < 4.78 is 4.93. The summed E-state index contributed by atoms with van der Waals surface area (Å²) in [4.78, 5) is 0. The summed E-state index contributed by atoms with van der Waals surface area (Å²) in [7, 11) is 0. The number of rotatable bonds is 2. The number of aromatic nitrogens is 2. The number of hydrogen-bond donors (Lipinski definition) is 0. The Morgan fingerprint density at radius 1 is 0.295 bits per heavy atom. The lowest BCUT2D eigenvalue weighted by atomic mass is 10.00. The molecule has 10 aromatic rings. The average Bonchev–Trinajstić information content (AvgIpc) is 3.60. The van der Waals surface area contributed by atoms with Crippen molar-refractivity contribution < 1.29 is 0 Å². The fourth-order valence-electron chi connectivity index (χ4n) is 7.59. The molecule has 204 valence electrons. The minimum atomic E-state index is 1.18. The van der Waals surface area contributed by atoms with Crippen molar-refractivity contribution in [3.8, 4) is 11.4 Å². The number of benzene rings is 8. The molecule has 2 aromatic heterocycles. The van der Waals surface area contributed by atoms with Gasteiger partial charge in [0.25, 0.3) is 0 Å². The van der Waals surface area contributed by atoms with Gasteiger partial charge in [0.2, 0.25) is 0 Å². The van der Waals surface area contributed by atoms with Gasteiger partial charge in [-0.2, -0.15) is 0 Å². The van der Waals surface area contributed by atoms with Gasteiger partial charge < -0.3 is 9.13 Å². The van der Waals surface area contributed by atoms with Crippen LogP contribution in [0.5, 0.6) is 0 Å². The Morgan fingerprint density at radius 2 is 0.818 bits per heavy atom. The highest BCUT2D eigenvalue weighted by atomic mass is 15.0. The first-order valence-corrected chi connectivity index (χ1v) is 15.2. The summed E-state index contributed by atoms with van der Waals surface area (Å²) in [6.45, 7) is 0. The fraction of sp³-hybridized carbons (Fsp3) is 0. The maximum absolute atomic E-state index is 2.49. The van der Waals surface area contributed by atoms with E-state index in [0.717, 1.165) is 0 Å². The van der Waals surface area contributed by atoms with Crippen LogP contribution in [0.4, 0.5) is 0 Å². The number of para-hydroxylation sites is 2. The molecule has 0 spiro atoms. The molecule has 0 unspecified atom stereocenters. The Morgan fingerprint density at radius 3 is 1.55 bits per heavy atom. The van der Waals surface area contributed by atoms with E-state index >= 15 is 0 Å². The molecule has 0 saturated carbocycles. The van der Waals surface area contributed by atoms with E-state index in [1.54, 1.807) is 0 Å². The molecule has 0 aliphatic carbocycles. The maximum Gasteiger partial charge on any atom is 0.0549 e. The minimum Gasteiger partial charge on any atom is -0.309 e. The molecule has 44 heavy (non-hydrogen) atoms. The predicted molar refractivity (Wildman–Crippen MR) is 188 cm³/mol. The summed E-state index contributed by atoms with van der Waals surface area (Å²) in [5.41, 5.74) is 7.28. The Hall–Kier alpha value is -5.86. The highest BCUT2D eigenvalue weighted by Crippen LogP contribution is 2.44. The summed E-state index contributed by atoms with van der Waals surface area (Å²) in [5.74, 6) is 0. The van der Waals surface area contributed by atoms with Gasteiger partial charge >= 0.3 is 0 Å². The normalized spacial score (nSPS) is 12.1. The van der Waals surface area contributed by atoms with Crippen LogP contribution in [-0.2, 0) is 0 Å². The van der Waals surface area contributed by atoms with Gasteiger partial charge in [0.05, 0.1) is 27.8 Å². The number of fused-ring (bicyclic) bond motifs is 11. The third-order valence-corrected chi connectivity index (χ3v) is 9.45. The van der Waals surface area contributed by atoms with Crippen molar-refractivity contribution in [2.75, 3.05) is 0 Å². The monoisotopic (exact) mass is 558 g/mol. The van der Waals surface area contributed by atoms with E-state index in [2.05, 4.69) is 167 Å². The quantitative estimate of drug-likeness (QED) is 0.187. The first-order valence-electron chi connectivity index (χ1n) is 15.2.